The quantitative estimate of drug-likeness (QED) is 0.658. The summed E-state index contributed by atoms with van der Waals surface area (Å²) in [5, 5.41) is 5.69. The van der Waals surface area contributed by atoms with Crippen LogP contribution >= 0.6 is 11.6 Å². The molecule has 3 rings (SSSR count). The van der Waals surface area contributed by atoms with Gasteiger partial charge in [0.2, 0.25) is 11.8 Å². The number of halogens is 1. The molecule has 0 fully saturated rings. The molecule has 0 spiro atoms. The van der Waals surface area contributed by atoms with E-state index in [1.807, 2.05) is 24.4 Å². The second-order valence-electron chi connectivity index (χ2n) is 5.64. The van der Waals surface area contributed by atoms with Crippen LogP contribution in [0.15, 0.2) is 48.7 Å². The highest BCUT2D eigenvalue weighted by Gasteiger charge is 2.10. The van der Waals surface area contributed by atoms with E-state index < -0.39 is 0 Å². The van der Waals surface area contributed by atoms with Crippen molar-refractivity contribution in [1.29, 1.82) is 0 Å². The van der Waals surface area contributed by atoms with Gasteiger partial charge in [-0.3, -0.25) is 14.0 Å². The number of nitrogens with zero attached hydrogens (tertiary/aromatic N) is 2. The van der Waals surface area contributed by atoms with E-state index in [9.17, 15) is 9.59 Å². The smallest absolute Gasteiger partial charge is 0.248 e. The van der Waals surface area contributed by atoms with Crippen molar-refractivity contribution in [3.63, 3.8) is 0 Å². The number of ether oxygens (including phenoxy) is 1. The predicted molar refractivity (Wildman–Crippen MR) is 105 cm³/mol. The van der Waals surface area contributed by atoms with E-state index in [2.05, 4.69) is 15.6 Å². The molecule has 2 aromatic heterocycles. The maximum absolute atomic E-state index is 12.3. The van der Waals surface area contributed by atoms with Gasteiger partial charge in [0.15, 0.2) is 5.15 Å². The Morgan fingerprint density at radius 3 is 2.78 bits per heavy atom. The normalized spacial score (nSPS) is 10.9. The zero-order chi connectivity index (χ0) is 19.4. The highest BCUT2D eigenvalue weighted by Crippen LogP contribution is 2.28. The Balaban J connectivity index is 1.81. The average Bonchev–Trinajstić information content (AvgIpc) is 2.95. The summed E-state index contributed by atoms with van der Waals surface area (Å²) in [5.74, 6) is -0.117. The standard InChI is InChI=1S/C19H17ClN4O3/c1-12(25)21-13-6-8-16(27-2)14(11-13)22-18(26)9-7-15-19(20)23-17-5-3-4-10-24(15)17/h3-11H,1-2H3,(H,21,25)(H,22,26). The molecule has 8 heteroatoms. The largest absolute Gasteiger partial charge is 0.495 e. The number of pyridine rings is 1. The topological polar surface area (TPSA) is 84.7 Å². The van der Waals surface area contributed by atoms with Crippen LogP contribution < -0.4 is 15.4 Å². The van der Waals surface area contributed by atoms with Gasteiger partial charge in [-0.2, -0.15) is 0 Å². The highest BCUT2D eigenvalue weighted by molar-refractivity contribution is 6.31. The molecular weight excluding hydrogens is 368 g/mol. The van der Waals surface area contributed by atoms with Gasteiger partial charge in [0, 0.05) is 24.9 Å². The van der Waals surface area contributed by atoms with Crippen LogP contribution in [0.25, 0.3) is 11.7 Å². The maximum atomic E-state index is 12.3. The lowest BCUT2D eigenvalue weighted by atomic mass is 10.2. The summed E-state index contributed by atoms with van der Waals surface area (Å²) in [6.07, 6.45) is 4.75. The van der Waals surface area contributed by atoms with Crippen molar-refractivity contribution < 1.29 is 14.3 Å². The number of rotatable bonds is 5. The number of carbonyl (C=O) groups excluding carboxylic acids is 2. The molecule has 0 saturated carbocycles. The van der Waals surface area contributed by atoms with E-state index in [1.54, 1.807) is 28.7 Å². The second-order valence-corrected chi connectivity index (χ2v) is 5.99. The van der Waals surface area contributed by atoms with E-state index in [0.717, 1.165) is 0 Å². The third kappa shape index (κ3) is 4.27. The minimum Gasteiger partial charge on any atom is -0.495 e. The van der Waals surface area contributed by atoms with Crippen LogP contribution in [-0.4, -0.2) is 28.3 Å². The lowest BCUT2D eigenvalue weighted by Crippen LogP contribution is -2.11. The number of carbonyl (C=O) groups is 2. The number of benzene rings is 1. The lowest BCUT2D eigenvalue weighted by Gasteiger charge is -2.11. The number of imidazole rings is 1. The summed E-state index contributed by atoms with van der Waals surface area (Å²) >= 11 is 6.15. The van der Waals surface area contributed by atoms with Gasteiger partial charge in [-0.1, -0.05) is 17.7 Å². The van der Waals surface area contributed by atoms with Gasteiger partial charge in [0.05, 0.1) is 18.5 Å². The Kier molecular flexibility index (Phi) is 5.42. The third-order valence-corrected chi connectivity index (χ3v) is 3.97. The summed E-state index contributed by atoms with van der Waals surface area (Å²) in [6.45, 7) is 1.41. The van der Waals surface area contributed by atoms with Crippen LogP contribution in [0.4, 0.5) is 11.4 Å². The van der Waals surface area contributed by atoms with Crippen LogP contribution in [0, 0.1) is 0 Å². The fourth-order valence-corrected chi connectivity index (χ4v) is 2.79. The van der Waals surface area contributed by atoms with Crippen molar-refractivity contribution in [3.8, 4) is 5.75 Å². The number of methoxy groups -OCH3 is 1. The number of nitrogens with one attached hydrogen (secondary N) is 2. The van der Waals surface area contributed by atoms with Gasteiger partial charge >= 0.3 is 0 Å². The van der Waals surface area contributed by atoms with Crippen LogP contribution in [-0.2, 0) is 9.59 Å². The number of anilines is 2. The van der Waals surface area contributed by atoms with E-state index >= 15 is 0 Å². The molecule has 27 heavy (non-hydrogen) atoms. The first-order valence-electron chi connectivity index (χ1n) is 8.05. The van der Waals surface area contributed by atoms with E-state index in [0.29, 0.717) is 33.6 Å². The van der Waals surface area contributed by atoms with Gasteiger partial charge in [0.1, 0.15) is 11.4 Å². The molecule has 3 aromatic rings. The Hall–Kier alpha value is -3.32. The van der Waals surface area contributed by atoms with Crippen molar-refractivity contribution in [1.82, 2.24) is 9.38 Å². The average molecular weight is 385 g/mol. The van der Waals surface area contributed by atoms with Crippen LogP contribution in [0.2, 0.25) is 5.15 Å². The minimum absolute atomic E-state index is 0.209. The molecule has 0 atom stereocenters. The summed E-state index contributed by atoms with van der Waals surface area (Å²) in [5.41, 5.74) is 2.27. The van der Waals surface area contributed by atoms with Gasteiger partial charge in [-0.05, 0) is 36.4 Å². The van der Waals surface area contributed by atoms with Crippen molar-refractivity contribution in [2.24, 2.45) is 0 Å². The van der Waals surface area contributed by atoms with Crippen molar-refractivity contribution in [2.75, 3.05) is 17.7 Å². The molecule has 2 N–H and O–H groups in total. The molecule has 0 aliphatic rings. The molecule has 0 radical (unpaired) electrons. The highest BCUT2D eigenvalue weighted by atomic mass is 35.5. The number of hydrogen-bond donors (Lipinski definition) is 2. The second kappa shape index (κ2) is 7.92. The zero-order valence-electron chi connectivity index (χ0n) is 14.7. The molecule has 138 valence electrons. The fourth-order valence-electron chi connectivity index (χ4n) is 2.55. The Morgan fingerprint density at radius 2 is 2.04 bits per heavy atom. The van der Waals surface area contributed by atoms with Gasteiger partial charge in [-0.25, -0.2) is 4.98 Å². The first kappa shape index (κ1) is 18.5. The van der Waals surface area contributed by atoms with Crippen LogP contribution in [0.1, 0.15) is 12.6 Å². The van der Waals surface area contributed by atoms with Crippen molar-refractivity contribution in [2.45, 2.75) is 6.92 Å². The van der Waals surface area contributed by atoms with Crippen LogP contribution in [0.3, 0.4) is 0 Å². The SMILES string of the molecule is COc1ccc(NC(C)=O)cc1NC(=O)C=Cc1c(Cl)nc2ccccn12. The predicted octanol–water partition coefficient (Wildman–Crippen LogP) is 3.61. The van der Waals surface area contributed by atoms with Gasteiger partial charge < -0.3 is 15.4 Å². The fraction of sp³-hybridized carbons (Fsp3) is 0.105. The van der Waals surface area contributed by atoms with Crippen LogP contribution in [0.5, 0.6) is 5.75 Å². The Labute approximate surface area is 160 Å². The summed E-state index contributed by atoms with van der Waals surface area (Å²) in [4.78, 5) is 27.8. The molecule has 0 aliphatic carbocycles. The number of hydrogen-bond acceptors (Lipinski definition) is 4. The molecule has 7 nitrogen and oxygen atoms in total. The monoisotopic (exact) mass is 384 g/mol. The van der Waals surface area contributed by atoms with E-state index in [-0.39, 0.29) is 11.8 Å². The summed E-state index contributed by atoms with van der Waals surface area (Å²) in [7, 11) is 1.50. The first-order valence-corrected chi connectivity index (χ1v) is 8.43. The summed E-state index contributed by atoms with van der Waals surface area (Å²) in [6, 6.07) is 10.5. The molecule has 0 saturated heterocycles. The Bertz CT molecular complexity index is 1040. The molecule has 2 heterocycles. The maximum Gasteiger partial charge on any atom is 0.248 e. The van der Waals surface area contributed by atoms with Crippen molar-refractivity contribution in [3.05, 3.63) is 59.5 Å². The lowest BCUT2D eigenvalue weighted by molar-refractivity contribution is -0.114. The van der Waals surface area contributed by atoms with Gasteiger partial charge in [-0.15, -0.1) is 0 Å². The molecule has 2 amide bonds. The minimum atomic E-state index is -0.379. The van der Waals surface area contributed by atoms with Crippen molar-refractivity contribution >= 4 is 46.5 Å². The summed E-state index contributed by atoms with van der Waals surface area (Å²) < 4.78 is 7.03. The van der Waals surface area contributed by atoms with Gasteiger partial charge in [0.25, 0.3) is 0 Å². The third-order valence-electron chi connectivity index (χ3n) is 3.69. The zero-order valence-corrected chi connectivity index (χ0v) is 15.4. The molecule has 0 bridgehead atoms. The van der Waals surface area contributed by atoms with E-state index in [4.69, 9.17) is 16.3 Å². The Morgan fingerprint density at radius 1 is 1.22 bits per heavy atom. The first-order chi connectivity index (χ1) is 13.0. The molecule has 0 aliphatic heterocycles. The number of fused-ring (bicyclic) bond motifs is 1. The van der Waals surface area contributed by atoms with E-state index in [1.165, 1.54) is 20.1 Å². The molecule has 1 aromatic carbocycles. The molecular formula is C19H17ClN4O3. The molecule has 0 unspecified atom stereocenters. The number of amides is 2. The number of aromatic nitrogens is 2.